The predicted molar refractivity (Wildman–Crippen MR) is 68.4 cm³/mol. The van der Waals surface area contributed by atoms with E-state index in [2.05, 4.69) is 15.9 Å². The number of benzene rings is 1. The molecule has 0 heterocycles. The first-order valence-electron chi connectivity index (χ1n) is 5.20. The van der Waals surface area contributed by atoms with Gasteiger partial charge in [-0.25, -0.2) is 0 Å². The second-order valence-electron chi connectivity index (χ2n) is 4.26. The summed E-state index contributed by atoms with van der Waals surface area (Å²) in [7, 11) is 0. The van der Waals surface area contributed by atoms with Gasteiger partial charge in [0.1, 0.15) is 0 Å². The van der Waals surface area contributed by atoms with Gasteiger partial charge in [-0.3, -0.25) is 4.79 Å². The number of hydrogen-bond acceptors (Lipinski definition) is 2. The lowest BCUT2D eigenvalue weighted by Crippen LogP contribution is -2.15. The normalized spacial score (nSPS) is 12.8. The Morgan fingerprint density at radius 1 is 1.50 bits per heavy atom. The third-order valence-corrected chi connectivity index (χ3v) is 3.16. The van der Waals surface area contributed by atoms with Gasteiger partial charge in [0.15, 0.2) is 0 Å². The minimum Gasteiger partial charge on any atom is -0.481 e. The zero-order valence-electron chi connectivity index (χ0n) is 9.40. The van der Waals surface area contributed by atoms with Crippen LogP contribution in [0.2, 0.25) is 0 Å². The fourth-order valence-corrected chi connectivity index (χ4v) is 2.07. The van der Waals surface area contributed by atoms with Crippen LogP contribution in [0.4, 0.5) is 5.69 Å². The third-order valence-electron chi connectivity index (χ3n) is 2.47. The minimum absolute atomic E-state index is 0.319. The predicted octanol–water partition coefficient (Wildman–Crippen LogP) is 3.25. The van der Waals surface area contributed by atoms with Gasteiger partial charge in [0.05, 0.1) is 5.92 Å². The van der Waals surface area contributed by atoms with Crippen molar-refractivity contribution >= 4 is 27.6 Å². The van der Waals surface area contributed by atoms with Gasteiger partial charge in [0.25, 0.3) is 0 Å². The highest BCUT2D eigenvalue weighted by atomic mass is 79.9. The molecular formula is C12H16BrNO2. The van der Waals surface area contributed by atoms with E-state index in [1.54, 1.807) is 6.07 Å². The average Bonchev–Trinajstić information content (AvgIpc) is 2.18. The van der Waals surface area contributed by atoms with Crippen LogP contribution in [0.15, 0.2) is 22.7 Å². The highest BCUT2D eigenvalue weighted by Gasteiger charge is 2.23. The van der Waals surface area contributed by atoms with Crippen molar-refractivity contribution in [2.75, 3.05) is 5.73 Å². The topological polar surface area (TPSA) is 63.3 Å². The molecule has 88 valence electrons. The van der Waals surface area contributed by atoms with E-state index in [4.69, 9.17) is 5.73 Å². The molecule has 0 aliphatic rings. The van der Waals surface area contributed by atoms with Gasteiger partial charge in [-0.15, -0.1) is 0 Å². The molecule has 0 saturated heterocycles. The molecule has 0 aliphatic heterocycles. The second kappa shape index (κ2) is 5.34. The van der Waals surface area contributed by atoms with Crippen molar-refractivity contribution in [2.45, 2.75) is 26.2 Å². The summed E-state index contributed by atoms with van der Waals surface area (Å²) >= 11 is 3.31. The number of halogens is 1. The van der Waals surface area contributed by atoms with E-state index in [1.807, 2.05) is 26.0 Å². The van der Waals surface area contributed by atoms with Crippen molar-refractivity contribution < 1.29 is 9.90 Å². The largest absolute Gasteiger partial charge is 0.481 e. The number of para-hydroxylation sites is 1. The number of rotatable bonds is 4. The Morgan fingerprint density at radius 3 is 2.62 bits per heavy atom. The number of nitrogen functional groups attached to an aromatic ring is 1. The van der Waals surface area contributed by atoms with Crippen LogP contribution in [0, 0.1) is 5.92 Å². The first kappa shape index (κ1) is 13.0. The summed E-state index contributed by atoms with van der Waals surface area (Å²) in [5.74, 6) is -1.03. The molecule has 1 rings (SSSR count). The van der Waals surface area contributed by atoms with Gasteiger partial charge in [-0.2, -0.15) is 0 Å². The van der Waals surface area contributed by atoms with Crippen LogP contribution >= 0.6 is 15.9 Å². The fraction of sp³-hybridized carbons (Fsp3) is 0.417. The molecule has 3 N–H and O–H groups in total. The molecule has 1 aromatic rings. The molecule has 0 fully saturated rings. The Balaban J connectivity index is 3.11. The SMILES string of the molecule is CC(C)CC(C(=O)O)c1cccc(Br)c1N. The molecule has 0 spiro atoms. The molecular weight excluding hydrogens is 270 g/mol. The van der Waals surface area contributed by atoms with E-state index in [0.29, 0.717) is 23.6 Å². The lowest BCUT2D eigenvalue weighted by Gasteiger charge is -2.17. The summed E-state index contributed by atoms with van der Waals surface area (Å²) in [4.78, 5) is 11.2. The zero-order valence-corrected chi connectivity index (χ0v) is 11.0. The number of anilines is 1. The van der Waals surface area contributed by atoms with Gasteiger partial charge in [0.2, 0.25) is 0 Å². The van der Waals surface area contributed by atoms with Crippen molar-refractivity contribution in [1.29, 1.82) is 0 Å². The van der Waals surface area contributed by atoms with Crippen molar-refractivity contribution in [3.63, 3.8) is 0 Å². The molecule has 3 nitrogen and oxygen atoms in total. The third kappa shape index (κ3) is 2.98. The quantitative estimate of drug-likeness (QED) is 0.835. The van der Waals surface area contributed by atoms with Crippen LogP contribution in [-0.2, 0) is 4.79 Å². The van der Waals surface area contributed by atoms with Gasteiger partial charge in [0, 0.05) is 10.2 Å². The van der Waals surface area contributed by atoms with E-state index in [1.165, 1.54) is 0 Å². The highest BCUT2D eigenvalue weighted by Crippen LogP contribution is 2.32. The fourth-order valence-electron chi connectivity index (χ4n) is 1.69. The Hall–Kier alpha value is -1.03. The Labute approximate surface area is 104 Å². The number of carbonyl (C=O) groups is 1. The average molecular weight is 286 g/mol. The molecule has 0 aromatic heterocycles. The summed E-state index contributed by atoms with van der Waals surface area (Å²) in [6.07, 6.45) is 0.593. The van der Waals surface area contributed by atoms with Crippen LogP contribution in [0.3, 0.4) is 0 Å². The molecule has 4 heteroatoms. The standard InChI is InChI=1S/C12H16BrNO2/c1-7(2)6-9(12(15)16)8-4-3-5-10(13)11(8)14/h3-5,7,9H,6,14H2,1-2H3,(H,15,16). The Bertz CT molecular complexity index is 391. The minimum atomic E-state index is -0.821. The Kier molecular flexibility index (Phi) is 4.35. The molecule has 0 saturated carbocycles. The van der Waals surface area contributed by atoms with Gasteiger partial charge in [-0.05, 0) is 39.9 Å². The van der Waals surface area contributed by atoms with Crippen molar-refractivity contribution in [3.8, 4) is 0 Å². The summed E-state index contributed by atoms with van der Waals surface area (Å²) in [6, 6.07) is 5.40. The van der Waals surface area contributed by atoms with Gasteiger partial charge in [-0.1, -0.05) is 26.0 Å². The van der Waals surface area contributed by atoms with Crippen LogP contribution in [-0.4, -0.2) is 11.1 Å². The number of carboxylic acids is 1. The molecule has 0 amide bonds. The van der Waals surface area contributed by atoms with Gasteiger partial charge >= 0.3 is 5.97 Å². The Morgan fingerprint density at radius 2 is 2.12 bits per heavy atom. The first-order valence-corrected chi connectivity index (χ1v) is 5.99. The molecule has 0 bridgehead atoms. The van der Waals surface area contributed by atoms with Crippen LogP contribution in [0.5, 0.6) is 0 Å². The first-order chi connectivity index (χ1) is 7.43. The van der Waals surface area contributed by atoms with E-state index < -0.39 is 11.9 Å². The maximum absolute atomic E-state index is 11.2. The summed E-state index contributed by atoms with van der Waals surface area (Å²) < 4.78 is 0.750. The van der Waals surface area contributed by atoms with Crippen LogP contribution < -0.4 is 5.73 Å². The molecule has 1 atom stereocenters. The van der Waals surface area contributed by atoms with Crippen molar-refractivity contribution in [3.05, 3.63) is 28.2 Å². The van der Waals surface area contributed by atoms with Crippen molar-refractivity contribution in [2.24, 2.45) is 5.92 Å². The maximum atomic E-state index is 11.2. The number of carboxylic acid groups (broad SMARTS) is 1. The molecule has 1 unspecified atom stereocenters. The van der Waals surface area contributed by atoms with Crippen molar-refractivity contribution in [1.82, 2.24) is 0 Å². The van der Waals surface area contributed by atoms with E-state index >= 15 is 0 Å². The lowest BCUT2D eigenvalue weighted by atomic mass is 9.89. The molecule has 1 aromatic carbocycles. The number of hydrogen-bond donors (Lipinski definition) is 2. The molecule has 0 aliphatic carbocycles. The van der Waals surface area contributed by atoms with E-state index in [0.717, 1.165) is 4.47 Å². The zero-order chi connectivity index (χ0) is 12.3. The monoisotopic (exact) mass is 285 g/mol. The van der Waals surface area contributed by atoms with E-state index in [9.17, 15) is 9.90 Å². The summed E-state index contributed by atoms with van der Waals surface area (Å²) in [6.45, 7) is 4.01. The van der Waals surface area contributed by atoms with Crippen LogP contribution in [0.25, 0.3) is 0 Å². The maximum Gasteiger partial charge on any atom is 0.311 e. The van der Waals surface area contributed by atoms with E-state index in [-0.39, 0.29) is 0 Å². The number of nitrogens with two attached hydrogens (primary N) is 1. The lowest BCUT2D eigenvalue weighted by molar-refractivity contribution is -0.139. The summed E-state index contributed by atoms with van der Waals surface area (Å²) in [5, 5.41) is 9.22. The highest BCUT2D eigenvalue weighted by molar-refractivity contribution is 9.10. The molecule has 16 heavy (non-hydrogen) atoms. The smallest absolute Gasteiger partial charge is 0.311 e. The number of aliphatic carboxylic acids is 1. The summed E-state index contributed by atoms with van der Waals surface area (Å²) in [5.41, 5.74) is 7.10. The molecule has 0 radical (unpaired) electrons. The van der Waals surface area contributed by atoms with Gasteiger partial charge < -0.3 is 10.8 Å². The second-order valence-corrected chi connectivity index (χ2v) is 5.12. The van der Waals surface area contributed by atoms with Crippen LogP contribution in [0.1, 0.15) is 31.7 Å².